The summed E-state index contributed by atoms with van der Waals surface area (Å²) < 4.78 is 5.56. The molecular formula is C26H28N4O5. The Morgan fingerprint density at radius 2 is 1.71 bits per heavy atom. The molecule has 0 aliphatic heterocycles. The van der Waals surface area contributed by atoms with Crippen LogP contribution in [0.25, 0.3) is 11.1 Å². The first-order valence-corrected chi connectivity index (χ1v) is 11.6. The fourth-order valence-corrected chi connectivity index (χ4v) is 4.40. The summed E-state index contributed by atoms with van der Waals surface area (Å²) in [6.07, 6.45) is 2.84. The summed E-state index contributed by atoms with van der Waals surface area (Å²) in [5, 5.41) is 14.7. The van der Waals surface area contributed by atoms with Crippen LogP contribution in [0, 0.1) is 0 Å². The van der Waals surface area contributed by atoms with Crippen LogP contribution >= 0.6 is 0 Å². The van der Waals surface area contributed by atoms with E-state index in [1.54, 1.807) is 0 Å². The van der Waals surface area contributed by atoms with Crippen molar-refractivity contribution < 1.29 is 24.2 Å². The van der Waals surface area contributed by atoms with E-state index in [0.29, 0.717) is 12.1 Å². The van der Waals surface area contributed by atoms with Crippen LogP contribution in [0.3, 0.4) is 0 Å². The number of fused-ring (bicyclic) bond motifs is 3. The molecule has 9 nitrogen and oxygen atoms in total. The SMILES string of the molecule is CC[C@@H](CC(=O)NC(Cc1cnc[nH]1)C(=O)O)NC(=O)OCC1c2ccccc2-c2ccccc21. The molecule has 0 saturated heterocycles. The molecule has 0 radical (unpaired) electrons. The van der Waals surface area contributed by atoms with Gasteiger partial charge in [0.2, 0.25) is 5.91 Å². The standard InChI is InChI=1S/C26H28N4O5/c1-2-16(12-24(31)30-23(25(32)33)11-17-13-27-15-28-17)29-26(34)35-14-22-20-9-5-3-7-18(20)19-8-4-6-10-21(19)22/h3-10,13,15-16,22-23H,2,11-12,14H2,1H3,(H,27,28)(H,29,34)(H,30,31)(H,32,33)/t16-,23?/m0/s1. The van der Waals surface area contributed by atoms with Gasteiger partial charge in [-0.2, -0.15) is 0 Å². The fraction of sp³-hybridized carbons (Fsp3) is 0.308. The highest BCUT2D eigenvalue weighted by atomic mass is 16.5. The number of amides is 2. The molecule has 182 valence electrons. The lowest BCUT2D eigenvalue weighted by Crippen LogP contribution is -2.45. The Morgan fingerprint density at radius 1 is 1.06 bits per heavy atom. The van der Waals surface area contributed by atoms with E-state index >= 15 is 0 Å². The van der Waals surface area contributed by atoms with Crippen molar-refractivity contribution in [2.24, 2.45) is 0 Å². The van der Waals surface area contributed by atoms with Gasteiger partial charge in [0.25, 0.3) is 0 Å². The number of hydrogen-bond donors (Lipinski definition) is 4. The van der Waals surface area contributed by atoms with Crippen LogP contribution in [-0.2, 0) is 20.7 Å². The number of nitrogens with zero attached hydrogens (tertiary/aromatic N) is 1. The van der Waals surface area contributed by atoms with Crippen molar-refractivity contribution >= 4 is 18.0 Å². The van der Waals surface area contributed by atoms with Crippen LogP contribution < -0.4 is 10.6 Å². The fourth-order valence-electron chi connectivity index (χ4n) is 4.40. The van der Waals surface area contributed by atoms with Crippen molar-refractivity contribution in [3.63, 3.8) is 0 Å². The summed E-state index contributed by atoms with van der Waals surface area (Å²) >= 11 is 0. The van der Waals surface area contributed by atoms with Crippen LogP contribution in [0.15, 0.2) is 61.1 Å². The van der Waals surface area contributed by atoms with Gasteiger partial charge in [-0.05, 0) is 28.7 Å². The number of carboxylic acids is 1. The molecule has 0 saturated carbocycles. The highest BCUT2D eigenvalue weighted by Crippen LogP contribution is 2.44. The van der Waals surface area contributed by atoms with Gasteiger partial charge in [0.1, 0.15) is 12.6 Å². The largest absolute Gasteiger partial charge is 0.480 e. The third kappa shape index (κ3) is 5.68. The van der Waals surface area contributed by atoms with Crippen molar-refractivity contribution in [2.75, 3.05) is 6.61 Å². The van der Waals surface area contributed by atoms with Crippen molar-refractivity contribution in [2.45, 2.75) is 44.2 Å². The third-order valence-electron chi connectivity index (χ3n) is 6.20. The number of ether oxygens (including phenoxy) is 1. The molecule has 1 aliphatic rings. The second-order valence-electron chi connectivity index (χ2n) is 8.52. The van der Waals surface area contributed by atoms with E-state index in [4.69, 9.17) is 4.74 Å². The van der Waals surface area contributed by atoms with Gasteiger partial charge in [0, 0.05) is 36.7 Å². The maximum absolute atomic E-state index is 12.5. The summed E-state index contributed by atoms with van der Waals surface area (Å²) in [5.41, 5.74) is 5.11. The van der Waals surface area contributed by atoms with Crippen LogP contribution in [0.2, 0.25) is 0 Å². The lowest BCUT2D eigenvalue weighted by atomic mass is 9.98. The summed E-state index contributed by atoms with van der Waals surface area (Å²) in [7, 11) is 0. The van der Waals surface area contributed by atoms with Crippen LogP contribution in [0.1, 0.15) is 42.5 Å². The minimum Gasteiger partial charge on any atom is -0.480 e. The summed E-state index contributed by atoms with van der Waals surface area (Å²) in [5.74, 6) is -1.68. The summed E-state index contributed by atoms with van der Waals surface area (Å²) in [6.45, 7) is 2.01. The predicted molar refractivity (Wildman–Crippen MR) is 129 cm³/mol. The Morgan fingerprint density at radius 3 is 2.29 bits per heavy atom. The predicted octanol–water partition coefficient (Wildman–Crippen LogP) is 3.23. The van der Waals surface area contributed by atoms with E-state index in [2.05, 4.69) is 32.7 Å². The number of nitrogens with one attached hydrogen (secondary N) is 3. The number of aromatic amines is 1. The number of aromatic nitrogens is 2. The molecule has 1 aromatic heterocycles. The van der Waals surface area contributed by atoms with Gasteiger partial charge in [-0.15, -0.1) is 0 Å². The number of rotatable bonds is 10. The van der Waals surface area contributed by atoms with E-state index in [0.717, 1.165) is 22.3 Å². The van der Waals surface area contributed by atoms with Crippen molar-refractivity contribution in [3.05, 3.63) is 77.9 Å². The van der Waals surface area contributed by atoms with E-state index in [1.165, 1.54) is 12.5 Å². The van der Waals surface area contributed by atoms with Gasteiger partial charge in [-0.25, -0.2) is 14.6 Å². The molecule has 2 atom stereocenters. The Labute approximate surface area is 202 Å². The zero-order chi connectivity index (χ0) is 24.8. The molecule has 1 heterocycles. The maximum atomic E-state index is 12.5. The van der Waals surface area contributed by atoms with Crippen molar-refractivity contribution in [1.82, 2.24) is 20.6 Å². The zero-order valence-corrected chi connectivity index (χ0v) is 19.4. The Balaban J connectivity index is 1.31. The lowest BCUT2D eigenvalue weighted by Gasteiger charge is -2.20. The number of benzene rings is 2. The van der Waals surface area contributed by atoms with E-state index < -0.39 is 30.1 Å². The Kier molecular flexibility index (Phi) is 7.45. The van der Waals surface area contributed by atoms with E-state index in [-0.39, 0.29) is 25.4 Å². The molecule has 35 heavy (non-hydrogen) atoms. The molecule has 0 bridgehead atoms. The zero-order valence-electron chi connectivity index (χ0n) is 19.4. The first-order chi connectivity index (χ1) is 17.0. The molecule has 2 aromatic carbocycles. The van der Waals surface area contributed by atoms with Gasteiger partial charge in [0.05, 0.1) is 6.33 Å². The second-order valence-corrected chi connectivity index (χ2v) is 8.52. The van der Waals surface area contributed by atoms with Gasteiger partial charge >= 0.3 is 12.1 Å². The van der Waals surface area contributed by atoms with Gasteiger partial charge < -0.3 is 25.5 Å². The highest BCUT2D eigenvalue weighted by molar-refractivity contribution is 5.84. The Bertz CT molecular complexity index is 1150. The maximum Gasteiger partial charge on any atom is 0.407 e. The van der Waals surface area contributed by atoms with Crippen molar-refractivity contribution in [3.8, 4) is 11.1 Å². The molecule has 4 rings (SSSR count). The average Bonchev–Trinajstić information content (AvgIpc) is 3.48. The molecule has 9 heteroatoms. The monoisotopic (exact) mass is 476 g/mol. The smallest absolute Gasteiger partial charge is 0.407 e. The number of carbonyl (C=O) groups excluding carboxylic acids is 2. The number of alkyl carbamates (subject to hydrolysis) is 1. The number of carboxylic acid groups (broad SMARTS) is 1. The van der Waals surface area contributed by atoms with E-state index in [1.807, 2.05) is 43.3 Å². The number of imidazole rings is 1. The molecule has 0 spiro atoms. The van der Waals surface area contributed by atoms with Crippen LogP contribution in [-0.4, -0.2) is 51.7 Å². The number of H-pyrrole nitrogens is 1. The molecule has 3 aromatic rings. The minimum absolute atomic E-state index is 0.0599. The lowest BCUT2D eigenvalue weighted by molar-refractivity contribution is -0.141. The molecule has 2 amide bonds. The first kappa shape index (κ1) is 24.0. The number of carbonyl (C=O) groups is 3. The number of hydrogen-bond acceptors (Lipinski definition) is 5. The highest BCUT2D eigenvalue weighted by Gasteiger charge is 2.29. The normalized spacial score (nSPS) is 13.9. The molecule has 0 fully saturated rings. The van der Waals surface area contributed by atoms with E-state index in [9.17, 15) is 19.5 Å². The summed E-state index contributed by atoms with van der Waals surface area (Å²) in [6, 6.07) is 14.6. The molecule has 4 N–H and O–H groups in total. The third-order valence-corrected chi connectivity index (χ3v) is 6.20. The quantitative estimate of drug-likeness (QED) is 0.355. The minimum atomic E-state index is -1.15. The molecule has 1 aliphatic carbocycles. The van der Waals surface area contributed by atoms with Crippen LogP contribution in [0.5, 0.6) is 0 Å². The van der Waals surface area contributed by atoms with Crippen molar-refractivity contribution in [1.29, 1.82) is 0 Å². The van der Waals surface area contributed by atoms with Gasteiger partial charge in [-0.1, -0.05) is 55.5 Å². The first-order valence-electron chi connectivity index (χ1n) is 11.6. The second kappa shape index (κ2) is 10.9. The topological polar surface area (TPSA) is 133 Å². The summed E-state index contributed by atoms with van der Waals surface area (Å²) in [4.78, 5) is 43.3. The molecular weight excluding hydrogens is 448 g/mol. The number of aliphatic carboxylic acids is 1. The average molecular weight is 477 g/mol. The Hall–Kier alpha value is -4.14. The van der Waals surface area contributed by atoms with Gasteiger partial charge in [0.15, 0.2) is 0 Å². The van der Waals surface area contributed by atoms with Gasteiger partial charge in [-0.3, -0.25) is 4.79 Å². The van der Waals surface area contributed by atoms with Crippen LogP contribution in [0.4, 0.5) is 4.79 Å². The molecule has 1 unspecified atom stereocenters.